The Labute approximate surface area is 136 Å². The average Bonchev–Trinajstić information content (AvgIpc) is 2.51. The zero-order chi connectivity index (χ0) is 17.2. The maximum Gasteiger partial charge on any atom is 0.345 e. The van der Waals surface area contributed by atoms with Crippen molar-refractivity contribution in [1.82, 2.24) is 0 Å². The highest BCUT2D eigenvalue weighted by Crippen LogP contribution is 2.26. The van der Waals surface area contributed by atoms with Gasteiger partial charge in [0.2, 0.25) is 0 Å². The van der Waals surface area contributed by atoms with E-state index in [1.165, 1.54) is 25.0 Å². The summed E-state index contributed by atoms with van der Waals surface area (Å²) in [6.45, 7) is 5.92. The van der Waals surface area contributed by atoms with Gasteiger partial charge in [0.1, 0.15) is 11.3 Å². The van der Waals surface area contributed by atoms with Crippen LogP contribution in [0.2, 0.25) is 0 Å². The van der Waals surface area contributed by atoms with Gasteiger partial charge in [-0.1, -0.05) is 26.2 Å². The van der Waals surface area contributed by atoms with E-state index >= 15 is 0 Å². The van der Waals surface area contributed by atoms with Gasteiger partial charge in [-0.3, -0.25) is 10.1 Å². The third-order valence-electron chi connectivity index (χ3n) is 3.46. The number of carbonyl (C=O) groups is 1. The summed E-state index contributed by atoms with van der Waals surface area (Å²) in [6.07, 6.45) is 5.47. The Bertz CT molecular complexity index is 530. The van der Waals surface area contributed by atoms with Gasteiger partial charge in [0, 0.05) is 0 Å². The lowest BCUT2D eigenvalue weighted by molar-refractivity contribution is -0.385. The molecule has 0 spiro atoms. The first-order valence-electron chi connectivity index (χ1n) is 8.11. The van der Waals surface area contributed by atoms with Crippen LogP contribution >= 0.6 is 0 Å². The van der Waals surface area contributed by atoms with E-state index in [1.807, 2.05) is 6.92 Å². The number of nitro groups is 1. The van der Waals surface area contributed by atoms with Gasteiger partial charge in [0.05, 0.1) is 23.7 Å². The van der Waals surface area contributed by atoms with Crippen molar-refractivity contribution in [2.45, 2.75) is 59.0 Å². The van der Waals surface area contributed by atoms with Crippen LogP contribution in [0.3, 0.4) is 0 Å². The third kappa shape index (κ3) is 6.26. The number of nitro benzene ring substituents is 1. The van der Waals surface area contributed by atoms with Gasteiger partial charge < -0.3 is 9.47 Å². The number of esters is 1. The zero-order valence-electron chi connectivity index (χ0n) is 14.0. The van der Waals surface area contributed by atoms with E-state index in [1.54, 1.807) is 13.0 Å². The van der Waals surface area contributed by atoms with Crippen molar-refractivity contribution in [3.8, 4) is 5.75 Å². The highest BCUT2D eigenvalue weighted by molar-refractivity contribution is 5.94. The summed E-state index contributed by atoms with van der Waals surface area (Å²) in [5, 5.41) is 11.2. The molecule has 6 heteroatoms. The van der Waals surface area contributed by atoms with Crippen molar-refractivity contribution < 1.29 is 19.2 Å². The van der Waals surface area contributed by atoms with Crippen molar-refractivity contribution in [3.63, 3.8) is 0 Å². The quantitative estimate of drug-likeness (QED) is 0.274. The fourth-order valence-electron chi connectivity index (χ4n) is 2.27. The van der Waals surface area contributed by atoms with E-state index in [4.69, 9.17) is 9.47 Å². The van der Waals surface area contributed by atoms with Gasteiger partial charge in [0.15, 0.2) is 0 Å². The first-order valence-corrected chi connectivity index (χ1v) is 8.11. The van der Waals surface area contributed by atoms with Crippen LogP contribution < -0.4 is 4.74 Å². The van der Waals surface area contributed by atoms with E-state index < -0.39 is 10.9 Å². The Hall–Kier alpha value is -2.11. The number of rotatable bonds is 10. The molecule has 1 aromatic rings. The largest absolute Gasteiger partial charge is 0.490 e. The molecule has 128 valence electrons. The number of hydrogen-bond donors (Lipinski definition) is 0. The molecule has 23 heavy (non-hydrogen) atoms. The maximum absolute atomic E-state index is 11.7. The summed E-state index contributed by atoms with van der Waals surface area (Å²) in [5.74, 6) is -0.300. The van der Waals surface area contributed by atoms with Gasteiger partial charge in [-0.05, 0) is 38.8 Å². The third-order valence-corrected chi connectivity index (χ3v) is 3.46. The van der Waals surface area contributed by atoms with Crippen molar-refractivity contribution >= 4 is 11.7 Å². The average molecular weight is 323 g/mol. The second kappa shape index (κ2) is 9.82. The Morgan fingerprint density at radius 1 is 1.26 bits per heavy atom. The smallest absolute Gasteiger partial charge is 0.345 e. The van der Waals surface area contributed by atoms with E-state index in [-0.39, 0.29) is 24.0 Å². The summed E-state index contributed by atoms with van der Waals surface area (Å²) in [4.78, 5) is 22.3. The van der Waals surface area contributed by atoms with E-state index in [9.17, 15) is 14.9 Å². The highest BCUT2D eigenvalue weighted by atomic mass is 16.6. The normalized spacial score (nSPS) is 11.8. The van der Waals surface area contributed by atoms with Crippen LogP contribution in [0.4, 0.5) is 5.69 Å². The number of hydrogen-bond acceptors (Lipinski definition) is 5. The Morgan fingerprint density at radius 3 is 2.61 bits per heavy atom. The summed E-state index contributed by atoms with van der Waals surface area (Å²) >= 11 is 0. The summed E-state index contributed by atoms with van der Waals surface area (Å²) in [7, 11) is 0. The molecular weight excluding hydrogens is 298 g/mol. The molecule has 1 rings (SSSR count). The molecule has 1 atom stereocenters. The monoisotopic (exact) mass is 323 g/mol. The van der Waals surface area contributed by atoms with E-state index in [2.05, 4.69) is 6.92 Å². The molecule has 0 bridgehead atoms. The lowest BCUT2D eigenvalue weighted by Gasteiger charge is -2.15. The van der Waals surface area contributed by atoms with Crippen LogP contribution in [0.25, 0.3) is 0 Å². The molecule has 1 unspecified atom stereocenters. The van der Waals surface area contributed by atoms with Crippen LogP contribution in [-0.4, -0.2) is 23.6 Å². The standard InChI is InChI=1S/C17H25NO5/c1-4-6-7-8-9-13(3)23-14-10-11-15(17(19)22-5-2)16(12-14)18(20)21/h10-13H,4-9H2,1-3H3. The maximum atomic E-state index is 11.7. The molecule has 0 heterocycles. The Balaban J connectivity index is 2.75. The minimum absolute atomic E-state index is 0.0279. The molecule has 0 N–H and O–H groups in total. The van der Waals surface area contributed by atoms with Crippen LogP contribution in [0, 0.1) is 10.1 Å². The van der Waals surface area contributed by atoms with Crippen LogP contribution in [0.1, 0.15) is 63.2 Å². The fraction of sp³-hybridized carbons (Fsp3) is 0.588. The SMILES string of the molecule is CCCCCCC(C)Oc1ccc(C(=O)OCC)c([N+](=O)[O-])c1. The first-order chi connectivity index (χ1) is 11.0. The van der Waals surface area contributed by atoms with Crippen LogP contribution in [0.15, 0.2) is 18.2 Å². The topological polar surface area (TPSA) is 78.7 Å². The number of nitrogens with zero attached hydrogens (tertiary/aromatic N) is 1. The lowest BCUT2D eigenvalue weighted by Crippen LogP contribution is -2.13. The van der Waals surface area contributed by atoms with Gasteiger partial charge >= 0.3 is 5.97 Å². The zero-order valence-corrected chi connectivity index (χ0v) is 14.0. The number of carbonyl (C=O) groups excluding carboxylic acids is 1. The second-order valence-electron chi connectivity index (χ2n) is 5.43. The molecule has 0 amide bonds. The molecule has 0 fully saturated rings. The molecule has 0 aliphatic heterocycles. The predicted molar refractivity (Wildman–Crippen MR) is 87.9 cm³/mol. The summed E-state index contributed by atoms with van der Waals surface area (Å²) in [5.41, 5.74) is -0.348. The van der Waals surface area contributed by atoms with E-state index in [0.717, 1.165) is 19.3 Å². The molecule has 0 aromatic heterocycles. The van der Waals surface area contributed by atoms with Crippen molar-refractivity contribution in [3.05, 3.63) is 33.9 Å². The second-order valence-corrected chi connectivity index (χ2v) is 5.43. The first kappa shape index (κ1) is 18.9. The van der Waals surface area contributed by atoms with Crippen molar-refractivity contribution in [2.24, 2.45) is 0 Å². The molecule has 0 radical (unpaired) electrons. The van der Waals surface area contributed by atoms with E-state index in [0.29, 0.717) is 5.75 Å². The Kier molecular flexibility index (Phi) is 8.08. The fourth-order valence-corrected chi connectivity index (χ4v) is 2.27. The Morgan fingerprint density at radius 2 is 2.00 bits per heavy atom. The molecule has 0 aliphatic rings. The molecule has 0 saturated heterocycles. The lowest BCUT2D eigenvalue weighted by atomic mass is 10.1. The minimum atomic E-state index is -0.696. The van der Waals surface area contributed by atoms with Crippen molar-refractivity contribution in [1.29, 1.82) is 0 Å². The summed E-state index contributed by atoms with van der Waals surface area (Å²) < 4.78 is 10.6. The number of ether oxygens (including phenoxy) is 2. The number of unbranched alkanes of at least 4 members (excludes halogenated alkanes) is 3. The highest BCUT2D eigenvalue weighted by Gasteiger charge is 2.22. The van der Waals surface area contributed by atoms with Gasteiger partial charge in [0.25, 0.3) is 5.69 Å². The van der Waals surface area contributed by atoms with Gasteiger partial charge in [-0.2, -0.15) is 0 Å². The van der Waals surface area contributed by atoms with Crippen LogP contribution in [0.5, 0.6) is 5.75 Å². The van der Waals surface area contributed by atoms with Gasteiger partial charge in [-0.15, -0.1) is 0 Å². The summed E-state index contributed by atoms with van der Waals surface area (Å²) in [6, 6.07) is 4.24. The molecule has 0 aliphatic carbocycles. The van der Waals surface area contributed by atoms with Crippen molar-refractivity contribution in [2.75, 3.05) is 6.61 Å². The molecule has 1 aromatic carbocycles. The van der Waals surface area contributed by atoms with Gasteiger partial charge in [-0.25, -0.2) is 4.79 Å². The minimum Gasteiger partial charge on any atom is -0.490 e. The number of benzene rings is 1. The van der Waals surface area contributed by atoms with Crippen LogP contribution in [-0.2, 0) is 4.74 Å². The predicted octanol–water partition coefficient (Wildman–Crippen LogP) is 4.51. The molecule has 0 saturated carbocycles. The molecular formula is C17H25NO5. The molecule has 6 nitrogen and oxygen atoms in total.